The molecule has 134 valence electrons. The Morgan fingerprint density at radius 2 is 1.96 bits per heavy atom. The fourth-order valence-corrected chi connectivity index (χ4v) is 2.74. The highest BCUT2D eigenvalue weighted by Crippen LogP contribution is 2.26. The highest BCUT2D eigenvalue weighted by atomic mass is 16.5. The van der Waals surface area contributed by atoms with E-state index in [1.807, 2.05) is 48.7 Å². The van der Waals surface area contributed by atoms with Gasteiger partial charge in [0.2, 0.25) is 0 Å². The third-order valence-electron chi connectivity index (χ3n) is 3.94. The van der Waals surface area contributed by atoms with Gasteiger partial charge in [-0.25, -0.2) is 4.79 Å². The summed E-state index contributed by atoms with van der Waals surface area (Å²) in [6.07, 6.45) is 5.06. The van der Waals surface area contributed by atoms with Crippen molar-refractivity contribution in [1.29, 1.82) is 0 Å². The van der Waals surface area contributed by atoms with E-state index in [0.29, 0.717) is 13.2 Å². The third-order valence-corrected chi connectivity index (χ3v) is 3.94. The molecule has 0 amide bonds. The number of esters is 1. The van der Waals surface area contributed by atoms with Gasteiger partial charge in [0.1, 0.15) is 18.1 Å². The summed E-state index contributed by atoms with van der Waals surface area (Å²) in [5, 5.41) is 1.02. The lowest BCUT2D eigenvalue weighted by molar-refractivity contribution is -0.137. The molecule has 3 rings (SSSR count). The predicted molar refractivity (Wildman–Crippen MR) is 101 cm³/mol. The predicted octanol–water partition coefficient (Wildman–Crippen LogP) is 4.33. The van der Waals surface area contributed by atoms with Crippen LogP contribution in [0.1, 0.15) is 18.1 Å². The topological polar surface area (TPSA) is 60.6 Å². The van der Waals surface area contributed by atoms with Crippen LogP contribution in [0.25, 0.3) is 17.0 Å². The quantitative estimate of drug-likeness (QED) is 0.508. The molecule has 0 aliphatic rings. The maximum Gasteiger partial charge on any atom is 0.330 e. The van der Waals surface area contributed by atoms with Crippen LogP contribution in [0, 0.1) is 0 Å². The number of methoxy groups -OCH3 is 1. The van der Waals surface area contributed by atoms with E-state index in [-0.39, 0.29) is 5.97 Å². The largest absolute Gasteiger partial charge is 0.497 e. The van der Waals surface area contributed by atoms with E-state index in [2.05, 4.69) is 4.98 Å². The average Bonchev–Trinajstić information content (AvgIpc) is 3.09. The van der Waals surface area contributed by atoms with E-state index in [1.54, 1.807) is 20.1 Å². The SMILES string of the molecule is CCOC(=O)/C=C/c1c[nH]c2cccc(COc3cccc(OC)c3)c12. The number of fused-ring (bicyclic) bond motifs is 1. The highest BCUT2D eigenvalue weighted by Gasteiger charge is 2.08. The number of hydrogen-bond donors (Lipinski definition) is 1. The van der Waals surface area contributed by atoms with Crippen molar-refractivity contribution in [2.24, 2.45) is 0 Å². The van der Waals surface area contributed by atoms with Crippen LogP contribution >= 0.6 is 0 Å². The zero-order valence-electron chi connectivity index (χ0n) is 14.8. The maximum absolute atomic E-state index is 11.6. The standard InChI is InChI=1S/C21H21NO4/c1-3-25-20(23)11-10-15-13-22-19-9-4-6-16(21(15)19)14-26-18-8-5-7-17(12-18)24-2/h4-13,22H,3,14H2,1-2H3/b11-10+. The van der Waals surface area contributed by atoms with Gasteiger partial charge in [0.05, 0.1) is 13.7 Å². The molecule has 3 aromatic rings. The van der Waals surface area contributed by atoms with Crippen LogP contribution in [-0.4, -0.2) is 24.7 Å². The van der Waals surface area contributed by atoms with Crippen molar-refractivity contribution in [2.75, 3.05) is 13.7 Å². The molecular weight excluding hydrogens is 330 g/mol. The number of nitrogens with one attached hydrogen (secondary N) is 1. The first kappa shape index (κ1) is 17.6. The average molecular weight is 351 g/mol. The second kappa shape index (κ2) is 8.25. The van der Waals surface area contributed by atoms with Gasteiger partial charge in [-0.3, -0.25) is 0 Å². The van der Waals surface area contributed by atoms with Crippen molar-refractivity contribution in [3.05, 3.63) is 65.9 Å². The van der Waals surface area contributed by atoms with Crippen LogP contribution in [0.5, 0.6) is 11.5 Å². The number of carbonyl (C=O) groups is 1. The first-order chi connectivity index (χ1) is 12.7. The van der Waals surface area contributed by atoms with Crippen molar-refractivity contribution in [3.8, 4) is 11.5 Å². The van der Waals surface area contributed by atoms with Crippen LogP contribution in [0.4, 0.5) is 0 Å². The lowest BCUT2D eigenvalue weighted by Crippen LogP contribution is -1.99. The second-order valence-corrected chi connectivity index (χ2v) is 5.64. The molecule has 1 N–H and O–H groups in total. The Balaban J connectivity index is 1.83. The van der Waals surface area contributed by atoms with Crippen molar-refractivity contribution < 1.29 is 19.0 Å². The molecule has 0 aliphatic heterocycles. The monoisotopic (exact) mass is 351 g/mol. The molecule has 0 fully saturated rings. The van der Waals surface area contributed by atoms with Gasteiger partial charge >= 0.3 is 5.97 Å². The van der Waals surface area contributed by atoms with Gasteiger partial charge in [-0.1, -0.05) is 18.2 Å². The zero-order valence-corrected chi connectivity index (χ0v) is 14.8. The molecule has 0 bridgehead atoms. The number of rotatable bonds is 7. The first-order valence-electron chi connectivity index (χ1n) is 8.42. The van der Waals surface area contributed by atoms with Gasteiger partial charge in [0.15, 0.2) is 0 Å². The fraction of sp³-hybridized carbons (Fsp3) is 0.190. The maximum atomic E-state index is 11.6. The van der Waals surface area contributed by atoms with E-state index in [4.69, 9.17) is 14.2 Å². The molecule has 0 atom stereocenters. The van der Waals surface area contributed by atoms with Crippen LogP contribution in [0.3, 0.4) is 0 Å². The number of aromatic nitrogens is 1. The normalized spacial score (nSPS) is 11.0. The summed E-state index contributed by atoms with van der Waals surface area (Å²) < 4.78 is 16.1. The number of aromatic amines is 1. The Morgan fingerprint density at radius 1 is 1.15 bits per heavy atom. The van der Waals surface area contributed by atoms with Crippen LogP contribution in [0.15, 0.2) is 54.7 Å². The van der Waals surface area contributed by atoms with Crippen molar-refractivity contribution in [1.82, 2.24) is 4.98 Å². The van der Waals surface area contributed by atoms with Gasteiger partial charge in [-0.15, -0.1) is 0 Å². The zero-order chi connectivity index (χ0) is 18.4. The number of benzene rings is 2. The molecule has 1 heterocycles. The van der Waals surface area contributed by atoms with Gasteiger partial charge < -0.3 is 19.2 Å². The van der Waals surface area contributed by atoms with E-state index >= 15 is 0 Å². The Morgan fingerprint density at radius 3 is 2.77 bits per heavy atom. The first-order valence-corrected chi connectivity index (χ1v) is 8.42. The molecule has 0 saturated carbocycles. The molecule has 5 nitrogen and oxygen atoms in total. The van der Waals surface area contributed by atoms with Crippen LogP contribution < -0.4 is 9.47 Å². The molecular formula is C21H21NO4. The summed E-state index contributed by atoms with van der Waals surface area (Å²) in [7, 11) is 1.63. The molecule has 1 aromatic heterocycles. The summed E-state index contributed by atoms with van der Waals surface area (Å²) in [6, 6.07) is 13.5. The van der Waals surface area contributed by atoms with Crippen LogP contribution in [-0.2, 0) is 16.1 Å². The van der Waals surface area contributed by atoms with E-state index < -0.39 is 0 Å². The summed E-state index contributed by atoms with van der Waals surface area (Å²) in [5.74, 6) is 1.13. The van der Waals surface area contributed by atoms with E-state index in [1.165, 1.54) is 6.08 Å². The highest BCUT2D eigenvalue weighted by molar-refractivity contribution is 5.95. The smallest absolute Gasteiger partial charge is 0.330 e. The molecule has 0 radical (unpaired) electrons. The lowest BCUT2D eigenvalue weighted by atomic mass is 10.1. The fourth-order valence-electron chi connectivity index (χ4n) is 2.74. The third kappa shape index (κ3) is 4.06. The molecule has 0 spiro atoms. The Bertz CT molecular complexity index is 927. The van der Waals surface area contributed by atoms with Gasteiger partial charge in [0, 0.05) is 34.8 Å². The minimum absolute atomic E-state index is 0.355. The van der Waals surface area contributed by atoms with Gasteiger partial charge in [-0.2, -0.15) is 0 Å². The Kier molecular flexibility index (Phi) is 5.59. The molecule has 0 unspecified atom stereocenters. The van der Waals surface area contributed by atoms with Crippen LogP contribution in [0.2, 0.25) is 0 Å². The lowest BCUT2D eigenvalue weighted by Gasteiger charge is -2.09. The number of ether oxygens (including phenoxy) is 3. The van der Waals surface area contributed by atoms with Crippen molar-refractivity contribution in [2.45, 2.75) is 13.5 Å². The van der Waals surface area contributed by atoms with Crippen molar-refractivity contribution in [3.63, 3.8) is 0 Å². The second-order valence-electron chi connectivity index (χ2n) is 5.64. The molecule has 0 aliphatic carbocycles. The molecule has 26 heavy (non-hydrogen) atoms. The number of H-pyrrole nitrogens is 1. The van der Waals surface area contributed by atoms with E-state index in [9.17, 15) is 4.79 Å². The molecule has 5 heteroatoms. The summed E-state index contributed by atoms with van der Waals surface area (Å²) in [4.78, 5) is 14.8. The summed E-state index contributed by atoms with van der Waals surface area (Å²) in [6.45, 7) is 2.55. The Hall–Kier alpha value is -3.21. The summed E-state index contributed by atoms with van der Waals surface area (Å²) >= 11 is 0. The minimum Gasteiger partial charge on any atom is -0.497 e. The van der Waals surface area contributed by atoms with Crippen molar-refractivity contribution >= 4 is 22.9 Å². The van der Waals surface area contributed by atoms with E-state index in [0.717, 1.165) is 33.5 Å². The Labute approximate surface area is 152 Å². The number of carbonyl (C=O) groups excluding carboxylic acids is 1. The number of hydrogen-bond acceptors (Lipinski definition) is 4. The minimum atomic E-state index is -0.355. The molecule has 0 saturated heterocycles. The molecule has 2 aromatic carbocycles. The summed E-state index contributed by atoms with van der Waals surface area (Å²) in [5.41, 5.74) is 2.92. The van der Waals surface area contributed by atoms with Gasteiger partial charge in [0.25, 0.3) is 0 Å². The van der Waals surface area contributed by atoms with Gasteiger partial charge in [-0.05, 0) is 36.8 Å².